The lowest BCUT2D eigenvalue weighted by atomic mass is 10.0. The fourth-order valence-electron chi connectivity index (χ4n) is 8.01. The molecular formula is C47H29N5. The number of hydrogen-bond donors (Lipinski definition) is 0. The van der Waals surface area contributed by atoms with Gasteiger partial charge in [-0.05, 0) is 82.6 Å². The summed E-state index contributed by atoms with van der Waals surface area (Å²) in [6.07, 6.45) is 1.82. The van der Waals surface area contributed by atoms with Crippen LogP contribution in [0, 0.1) is 0 Å². The average molecular weight is 664 g/mol. The Bertz CT molecular complexity index is 3160. The second-order valence-electron chi connectivity index (χ2n) is 13.3. The molecule has 0 N–H and O–H groups in total. The molecule has 52 heavy (non-hydrogen) atoms. The zero-order valence-electron chi connectivity index (χ0n) is 28.0. The number of rotatable bonds is 4. The predicted molar refractivity (Wildman–Crippen MR) is 214 cm³/mol. The molecule has 0 bridgehead atoms. The standard InChI is InChI=1S/C47H29N5/c1-3-13-30(14-4-1)32-22-24-35-36-28-37-44(51(33-16-5-2-6-17-33)41-25-23-31-15-7-8-18-34(31)45(37)41)29-43(36)52(42(35)27-32)47-46(40-21-11-12-26-48-40)49-38-19-9-10-20-39(38)50-47/h1-29H. The Kier molecular flexibility index (Phi) is 6.18. The molecule has 5 heteroatoms. The summed E-state index contributed by atoms with van der Waals surface area (Å²) in [7, 11) is 0. The van der Waals surface area contributed by atoms with E-state index < -0.39 is 0 Å². The van der Waals surface area contributed by atoms with Crippen LogP contribution in [0.3, 0.4) is 0 Å². The first-order valence-corrected chi connectivity index (χ1v) is 17.5. The fraction of sp³-hybridized carbons (Fsp3) is 0. The number of fused-ring (bicyclic) bond motifs is 9. The largest absolute Gasteiger partial charge is 0.309 e. The van der Waals surface area contributed by atoms with Gasteiger partial charge in [-0.3, -0.25) is 9.55 Å². The molecule has 0 aliphatic rings. The van der Waals surface area contributed by atoms with Gasteiger partial charge in [0.25, 0.3) is 0 Å². The number of benzene rings is 7. The van der Waals surface area contributed by atoms with Crippen LogP contribution in [0.25, 0.3) is 99.4 Å². The second-order valence-corrected chi connectivity index (χ2v) is 13.3. The molecule has 0 saturated carbocycles. The Hall–Kier alpha value is -7.11. The summed E-state index contributed by atoms with van der Waals surface area (Å²) < 4.78 is 4.71. The van der Waals surface area contributed by atoms with Crippen LogP contribution in [0.5, 0.6) is 0 Å². The molecule has 0 spiro atoms. The van der Waals surface area contributed by atoms with E-state index in [0.29, 0.717) is 0 Å². The van der Waals surface area contributed by atoms with Gasteiger partial charge in [-0.2, -0.15) is 0 Å². The molecular weight excluding hydrogens is 635 g/mol. The van der Waals surface area contributed by atoms with Crippen LogP contribution in [-0.4, -0.2) is 24.1 Å². The molecule has 0 atom stereocenters. The third-order valence-electron chi connectivity index (χ3n) is 10.3. The van der Waals surface area contributed by atoms with E-state index in [1.807, 2.05) is 48.7 Å². The van der Waals surface area contributed by atoms with E-state index in [9.17, 15) is 0 Å². The molecule has 4 aromatic heterocycles. The number of hydrogen-bond acceptors (Lipinski definition) is 3. The maximum absolute atomic E-state index is 5.39. The minimum atomic E-state index is 0.734. The lowest BCUT2D eigenvalue weighted by molar-refractivity contribution is 1.07. The van der Waals surface area contributed by atoms with Crippen molar-refractivity contribution in [2.24, 2.45) is 0 Å². The molecule has 11 aromatic rings. The van der Waals surface area contributed by atoms with Crippen LogP contribution in [0.15, 0.2) is 176 Å². The molecule has 0 amide bonds. The summed E-state index contributed by atoms with van der Waals surface area (Å²) in [5.41, 5.74) is 11.0. The highest BCUT2D eigenvalue weighted by molar-refractivity contribution is 6.25. The second kappa shape index (κ2) is 11.2. The van der Waals surface area contributed by atoms with Crippen molar-refractivity contribution in [3.05, 3.63) is 176 Å². The third kappa shape index (κ3) is 4.26. The van der Waals surface area contributed by atoms with Crippen LogP contribution in [0.4, 0.5) is 0 Å². The van der Waals surface area contributed by atoms with Gasteiger partial charge >= 0.3 is 0 Å². The highest BCUT2D eigenvalue weighted by Gasteiger charge is 2.23. The van der Waals surface area contributed by atoms with Crippen molar-refractivity contribution in [1.29, 1.82) is 0 Å². The minimum Gasteiger partial charge on any atom is -0.309 e. The third-order valence-corrected chi connectivity index (χ3v) is 10.3. The maximum Gasteiger partial charge on any atom is 0.166 e. The van der Waals surface area contributed by atoms with Crippen molar-refractivity contribution in [2.45, 2.75) is 0 Å². The van der Waals surface area contributed by atoms with Crippen molar-refractivity contribution in [3.8, 4) is 34.0 Å². The normalized spacial score (nSPS) is 11.8. The minimum absolute atomic E-state index is 0.734. The molecule has 5 nitrogen and oxygen atoms in total. The summed E-state index contributed by atoms with van der Waals surface area (Å²) in [6, 6.07) is 60.0. The summed E-state index contributed by atoms with van der Waals surface area (Å²) in [5, 5.41) is 7.24. The molecule has 0 radical (unpaired) electrons. The summed E-state index contributed by atoms with van der Waals surface area (Å²) in [5.74, 6) is 0.745. The first kappa shape index (κ1) is 28.7. The number of pyridine rings is 1. The van der Waals surface area contributed by atoms with E-state index in [-0.39, 0.29) is 0 Å². The van der Waals surface area contributed by atoms with Crippen LogP contribution in [-0.2, 0) is 0 Å². The molecule has 0 unspecified atom stereocenters. The zero-order valence-corrected chi connectivity index (χ0v) is 28.0. The smallest absolute Gasteiger partial charge is 0.166 e. The Labute approximate surface area is 298 Å². The van der Waals surface area contributed by atoms with E-state index in [4.69, 9.17) is 15.0 Å². The molecule has 0 aliphatic heterocycles. The molecule has 4 heterocycles. The highest BCUT2D eigenvalue weighted by Crippen LogP contribution is 2.43. The highest BCUT2D eigenvalue weighted by atomic mass is 15.1. The monoisotopic (exact) mass is 663 g/mol. The summed E-state index contributed by atoms with van der Waals surface area (Å²) in [4.78, 5) is 15.4. The lowest BCUT2D eigenvalue weighted by Gasteiger charge is -2.14. The van der Waals surface area contributed by atoms with Crippen LogP contribution >= 0.6 is 0 Å². The van der Waals surface area contributed by atoms with Gasteiger partial charge in [0.15, 0.2) is 5.82 Å². The molecule has 7 aromatic carbocycles. The molecule has 0 aliphatic carbocycles. The van der Waals surface area contributed by atoms with Crippen LogP contribution in [0.1, 0.15) is 0 Å². The van der Waals surface area contributed by atoms with Gasteiger partial charge < -0.3 is 4.57 Å². The van der Waals surface area contributed by atoms with E-state index in [0.717, 1.165) is 72.4 Å². The first-order valence-electron chi connectivity index (χ1n) is 17.5. The maximum atomic E-state index is 5.39. The van der Waals surface area contributed by atoms with E-state index in [2.05, 4.69) is 137 Å². The summed E-state index contributed by atoms with van der Waals surface area (Å²) in [6.45, 7) is 0. The summed E-state index contributed by atoms with van der Waals surface area (Å²) >= 11 is 0. The SMILES string of the molecule is c1ccc(-c2ccc3c4cc5c6c7ccccc7ccc6n(-c6ccccc6)c5cc4n(-c4nc5ccccc5nc4-c4ccccn4)c3c2)cc1. The van der Waals surface area contributed by atoms with Gasteiger partial charge in [-0.15, -0.1) is 0 Å². The van der Waals surface area contributed by atoms with Gasteiger partial charge in [0, 0.05) is 33.4 Å². The van der Waals surface area contributed by atoms with Gasteiger partial charge in [0.1, 0.15) is 5.69 Å². The van der Waals surface area contributed by atoms with Crippen molar-refractivity contribution in [1.82, 2.24) is 24.1 Å². The van der Waals surface area contributed by atoms with Crippen molar-refractivity contribution in [3.63, 3.8) is 0 Å². The van der Waals surface area contributed by atoms with E-state index in [1.165, 1.54) is 27.1 Å². The van der Waals surface area contributed by atoms with Crippen molar-refractivity contribution >= 4 is 65.4 Å². The Balaban J connectivity index is 1.34. The quantitative estimate of drug-likeness (QED) is 0.188. The van der Waals surface area contributed by atoms with Crippen molar-refractivity contribution < 1.29 is 0 Å². The Morgan fingerprint density at radius 3 is 1.94 bits per heavy atom. The van der Waals surface area contributed by atoms with Gasteiger partial charge in [0.05, 0.1) is 38.8 Å². The van der Waals surface area contributed by atoms with Gasteiger partial charge in [-0.25, -0.2) is 9.97 Å². The Morgan fingerprint density at radius 2 is 1.12 bits per heavy atom. The lowest BCUT2D eigenvalue weighted by Crippen LogP contribution is -2.04. The van der Waals surface area contributed by atoms with Gasteiger partial charge in [0.2, 0.25) is 0 Å². The van der Waals surface area contributed by atoms with Crippen LogP contribution in [0.2, 0.25) is 0 Å². The molecule has 0 saturated heterocycles. The average Bonchev–Trinajstić information content (AvgIpc) is 3.72. The fourth-order valence-corrected chi connectivity index (χ4v) is 8.01. The van der Waals surface area contributed by atoms with Gasteiger partial charge in [-0.1, -0.05) is 109 Å². The zero-order chi connectivity index (χ0) is 34.2. The molecule has 242 valence electrons. The topological polar surface area (TPSA) is 48.5 Å². The van der Waals surface area contributed by atoms with E-state index >= 15 is 0 Å². The molecule has 0 fully saturated rings. The predicted octanol–water partition coefficient (Wildman–Crippen LogP) is 11.7. The number of aromatic nitrogens is 5. The first-order chi connectivity index (χ1) is 25.8. The Morgan fingerprint density at radius 1 is 0.404 bits per heavy atom. The molecule has 11 rings (SSSR count). The van der Waals surface area contributed by atoms with Crippen LogP contribution < -0.4 is 0 Å². The number of nitrogens with zero attached hydrogens (tertiary/aromatic N) is 5. The number of para-hydroxylation sites is 3. The van der Waals surface area contributed by atoms with E-state index in [1.54, 1.807) is 0 Å². The van der Waals surface area contributed by atoms with Crippen molar-refractivity contribution in [2.75, 3.05) is 0 Å².